The highest BCUT2D eigenvalue weighted by molar-refractivity contribution is 14.1. The molecule has 0 saturated carbocycles. The summed E-state index contributed by atoms with van der Waals surface area (Å²) in [7, 11) is 1.95. The molecule has 1 heterocycles. The highest BCUT2D eigenvalue weighted by Crippen LogP contribution is 2.24. The zero-order chi connectivity index (χ0) is 10.8. The number of rotatable bonds is 2. The van der Waals surface area contributed by atoms with Gasteiger partial charge in [-0.05, 0) is 53.3 Å². The summed E-state index contributed by atoms with van der Waals surface area (Å²) in [4.78, 5) is 4.60. The third-order valence-corrected chi connectivity index (χ3v) is 3.13. The van der Waals surface area contributed by atoms with Gasteiger partial charge in [-0.1, -0.05) is 6.92 Å². The molecule has 0 saturated heterocycles. The lowest BCUT2D eigenvalue weighted by molar-refractivity contribution is 1.06. The smallest absolute Gasteiger partial charge is 0.0726 e. The van der Waals surface area contributed by atoms with Gasteiger partial charge in [-0.2, -0.15) is 0 Å². The summed E-state index contributed by atoms with van der Waals surface area (Å²) in [5, 5.41) is 4.42. The molecule has 2 nitrogen and oxygen atoms in total. The predicted octanol–water partition coefficient (Wildman–Crippen LogP) is 3.44. The first-order valence-electron chi connectivity index (χ1n) is 5.01. The van der Waals surface area contributed by atoms with Crippen molar-refractivity contribution in [2.24, 2.45) is 0 Å². The van der Waals surface area contributed by atoms with Crippen LogP contribution < -0.4 is 5.32 Å². The largest absolute Gasteiger partial charge is 0.388 e. The van der Waals surface area contributed by atoms with Gasteiger partial charge in [0.15, 0.2) is 0 Å². The molecule has 1 aromatic heterocycles. The first kappa shape index (κ1) is 10.7. The maximum atomic E-state index is 4.60. The molecule has 2 rings (SSSR count). The zero-order valence-corrected chi connectivity index (χ0v) is 11.0. The molecule has 1 aromatic carbocycles. The van der Waals surface area contributed by atoms with Crippen molar-refractivity contribution in [2.75, 3.05) is 12.4 Å². The predicted molar refractivity (Wildman–Crippen MR) is 73.4 cm³/mol. The van der Waals surface area contributed by atoms with Crippen LogP contribution in [0, 0.1) is 3.57 Å². The topological polar surface area (TPSA) is 24.9 Å². The van der Waals surface area contributed by atoms with Gasteiger partial charge in [0.2, 0.25) is 0 Å². The Morgan fingerprint density at radius 3 is 2.80 bits per heavy atom. The van der Waals surface area contributed by atoms with Gasteiger partial charge in [-0.15, -0.1) is 0 Å². The first-order chi connectivity index (χ1) is 7.24. The Morgan fingerprint density at radius 2 is 2.13 bits per heavy atom. The van der Waals surface area contributed by atoms with Gasteiger partial charge in [0.05, 0.1) is 5.52 Å². The number of nitrogens with zero attached hydrogens (tertiary/aromatic N) is 1. The van der Waals surface area contributed by atoms with Crippen molar-refractivity contribution in [3.05, 3.63) is 33.5 Å². The normalized spacial score (nSPS) is 10.6. The minimum atomic E-state index is 0.969. The number of aromatic nitrogens is 1. The number of halogens is 1. The number of anilines is 1. The summed E-state index contributed by atoms with van der Waals surface area (Å²) in [6.07, 6.45) is 0.969. The highest BCUT2D eigenvalue weighted by Gasteiger charge is 2.03. The molecule has 0 fully saturated rings. The van der Waals surface area contributed by atoms with Gasteiger partial charge < -0.3 is 5.32 Å². The Bertz CT molecular complexity index is 494. The molecule has 0 amide bonds. The van der Waals surface area contributed by atoms with E-state index < -0.39 is 0 Å². The molecule has 0 radical (unpaired) electrons. The van der Waals surface area contributed by atoms with Gasteiger partial charge in [0.25, 0.3) is 0 Å². The van der Waals surface area contributed by atoms with Crippen LogP contribution in [0.25, 0.3) is 10.9 Å². The first-order valence-corrected chi connectivity index (χ1v) is 6.09. The van der Waals surface area contributed by atoms with E-state index in [4.69, 9.17) is 0 Å². The lowest BCUT2D eigenvalue weighted by Crippen LogP contribution is -1.95. The Kier molecular flexibility index (Phi) is 3.09. The molecule has 1 N–H and O–H groups in total. The number of hydrogen-bond acceptors (Lipinski definition) is 2. The van der Waals surface area contributed by atoms with Crippen LogP contribution in [-0.2, 0) is 6.42 Å². The Hall–Kier alpha value is -0.840. The van der Waals surface area contributed by atoms with Crippen molar-refractivity contribution in [1.29, 1.82) is 0 Å². The molecular formula is C12H13IN2. The maximum Gasteiger partial charge on any atom is 0.0726 e. The van der Waals surface area contributed by atoms with Crippen molar-refractivity contribution < 1.29 is 0 Å². The monoisotopic (exact) mass is 312 g/mol. The van der Waals surface area contributed by atoms with Crippen LogP contribution >= 0.6 is 22.6 Å². The molecule has 15 heavy (non-hydrogen) atoms. The van der Waals surface area contributed by atoms with E-state index in [2.05, 4.69) is 64.1 Å². The van der Waals surface area contributed by atoms with Crippen LogP contribution in [-0.4, -0.2) is 12.0 Å². The number of hydrogen-bond donors (Lipinski definition) is 1. The van der Waals surface area contributed by atoms with Crippen LogP contribution in [0.1, 0.15) is 12.6 Å². The molecule has 0 aliphatic heterocycles. The molecule has 0 atom stereocenters. The van der Waals surface area contributed by atoms with Crippen molar-refractivity contribution in [1.82, 2.24) is 4.98 Å². The van der Waals surface area contributed by atoms with Gasteiger partial charge in [0, 0.05) is 27.4 Å². The summed E-state index contributed by atoms with van der Waals surface area (Å²) < 4.78 is 1.24. The maximum absolute atomic E-state index is 4.60. The van der Waals surface area contributed by atoms with Crippen molar-refractivity contribution >= 4 is 39.2 Å². The molecule has 2 aromatic rings. The van der Waals surface area contributed by atoms with Crippen LogP contribution in [0.15, 0.2) is 24.3 Å². The van der Waals surface area contributed by atoms with E-state index in [1.165, 1.54) is 8.96 Å². The number of pyridine rings is 1. The van der Waals surface area contributed by atoms with E-state index >= 15 is 0 Å². The summed E-state index contributed by atoms with van der Waals surface area (Å²) in [5.41, 5.74) is 3.36. The summed E-state index contributed by atoms with van der Waals surface area (Å²) >= 11 is 2.32. The molecule has 0 aliphatic carbocycles. The third-order valence-electron chi connectivity index (χ3n) is 2.46. The van der Waals surface area contributed by atoms with E-state index in [0.717, 1.165) is 23.3 Å². The van der Waals surface area contributed by atoms with E-state index in [1.54, 1.807) is 0 Å². The van der Waals surface area contributed by atoms with E-state index in [-0.39, 0.29) is 0 Å². The highest BCUT2D eigenvalue weighted by atomic mass is 127. The second-order valence-corrected chi connectivity index (χ2v) is 4.67. The average molecular weight is 312 g/mol. The third kappa shape index (κ3) is 2.07. The van der Waals surface area contributed by atoms with Crippen molar-refractivity contribution in [3.8, 4) is 0 Å². The molecule has 0 spiro atoms. The number of benzene rings is 1. The Balaban J connectivity index is 2.75. The molecular weight excluding hydrogens is 299 g/mol. The minimum absolute atomic E-state index is 0.969. The van der Waals surface area contributed by atoms with Crippen LogP contribution in [0.3, 0.4) is 0 Å². The minimum Gasteiger partial charge on any atom is -0.388 e. The Morgan fingerprint density at radius 1 is 1.33 bits per heavy atom. The van der Waals surface area contributed by atoms with Gasteiger partial charge in [-0.25, -0.2) is 0 Å². The summed E-state index contributed by atoms with van der Waals surface area (Å²) in [6.45, 7) is 2.13. The van der Waals surface area contributed by atoms with Crippen molar-refractivity contribution in [2.45, 2.75) is 13.3 Å². The van der Waals surface area contributed by atoms with E-state index in [9.17, 15) is 0 Å². The number of fused-ring (bicyclic) bond motifs is 1. The van der Waals surface area contributed by atoms with Gasteiger partial charge in [-0.3, -0.25) is 4.98 Å². The summed E-state index contributed by atoms with van der Waals surface area (Å²) in [6, 6.07) is 8.46. The van der Waals surface area contributed by atoms with Gasteiger partial charge >= 0.3 is 0 Å². The molecule has 78 valence electrons. The van der Waals surface area contributed by atoms with Crippen molar-refractivity contribution in [3.63, 3.8) is 0 Å². The molecule has 0 aliphatic rings. The van der Waals surface area contributed by atoms with Crippen LogP contribution in [0.2, 0.25) is 0 Å². The van der Waals surface area contributed by atoms with Gasteiger partial charge in [0.1, 0.15) is 0 Å². The SMILES string of the molecule is CCc1cc(NC)c2cc(I)ccc2n1. The van der Waals surface area contributed by atoms with E-state index in [1.807, 2.05) is 7.05 Å². The quantitative estimate of drug-likeness (QED) is 0.859. The molecule has 3 heteroatoms. The Labute approximate surface area is 103 Å². The van der Waals surface area contributed by atoms with Crippen LogP contribution in [0.4, 0.5) is 5.69 Å². The van der Waals surface area contributed by atoms with E-state index in [0.29, 0.717) is 0 Å². The average Bonchev–Trinajstić information content (AvgIpc) is 2.27. The fourth-order valence-corrected chi connectivity index (χ4v) is 2.13. The van der Waals surface area contributed by atoms with Crippen LogP contribution in [0.5, 0.6) is 0 Å². The standard InChI is InChI=1S/C12H13IN2/c1-3-9-7-12(14-2)10-6-8(13)4-5-11(10)15-9/h4-7H,3H2,1-2H3,(H,14,15). The molecule has 0 unspecified atom stereocenters. The number of aryl methyl sites for hydroxylation is 1. The summed E-state index contributed by atoms with van der Waals surface area (Å²) in [5.74, 6) is 0. The molecule has 0 bridgehead atoms. The lowest BCUT2D eigenvalue weighted by atomic mass is 10.1. The second-order valence-electron chi connectivity index (χ2n) is 3.43. The fourth-order valence-electron chi connectivity index (χ4n) is 1.64. The number of nitrogens with one attached hydrogen (secondary N) is 1. The zero-order valence-electron chi connectivity index (χ0n) is 8.84. The fraction of sp³-hybridized carbons (Fsp3) is 0.250. The second kappa shape index (κ2) is 4.35. The lowest BCUT2D eigenvalue weighted by Gasteiger charge is -2.08.